The van der Waals surface area contributed by atoms with Gasteiger partial charge in [0.2, 0.25) is 0 Å². The van der Waals surface area contributed by atoms with Crippen LogP contribution in [0.1, 0.15) is 82.9 Å². The van der Waals surface area contributed by atoms with E-state index in [2.05, 4.69) is 66.5 Å². The zero-order valence-corrected chi connectivity index (χ0v) is 31.7. The fourth-order valence-electron chi connectivity index (χ4n) is 7.92. The predicted octanol–water partition coefficient (Wildman–Crippen LogP) is 8.94. The number of nitrogens with zero attached hydrogens (tertiary/aromatic N) is 2. The number of piperazine rings is 1. The van der Waals surface area contributed by atoms with Gasteiger partial charge >= 0.3 is 6.18 Å². The molecule has 0 saturated carbocycles. The van der Waals surface area contributed by atoms with Gasteiger partial charge in [-0.25, -0.2) is 0 Å². The van der Waals surface area contributed by atoms with E-state index < -0.39 is 11.6 Å². The molecule has 3 aliphatic rings. The number of alkyl halides is 3. The molecule has 2 atom stereocenters. The zero-order chi connectivity index (χ0) is 33.7. The minimum Gasteiger partial charge on any atom is -0.497 e. The first kappa shape index (κ1) is 41.6. The van der Waals surface area contributed by atoms with Crippen molar-refractivity contribution in [3.05, 3.63) is 71.3 Å². The number of allylic oxidation sites excluding steroid dienone is 2. The van der Waals surface area contributed by atoms with Crippen molar-refractivity contribution in [2.75, 3.05) is 59.5 Å². The first-order valence-corrected chi connectivity index (χ1v) is 17.6. The van der Waals surface area contributed by atoms with Crippen molar-refractivity contribution in [1.82, 2.24) is 15.1 Å². The highest BCUT2D eigenvalue weighted by Gasteiger charge is 2.48. The van der Waals surface area contributed by atoms with Crippen molar-refractivity contribution in [2.45, 2.75) is 90.0 Å². The van der Waals surface area contributed by atoms with Crippen LogP contribution in [0.5, 0.6) is 5.75 Å². The number of hydrogen-bond donors (Lipinski definition) is 1. The summed E-state index contributed by atoms with van der Waals surface area (Å²) in [7, 11) is 1.66. The van der Waals surface area contributed by atoms with E-state index in [4.69, 9.17) is 9.47 Å². The summed E-state index contributed by atoms with van der Waals surface area (Å²) in [5.74, 6) is 1.51. The molecule has 10 heteroatoms. The molecule has 0 amide bonds. The summed E-state index contributed by atoms with van der Waals surface area (Å²) < 4.78 is 54.1. The van der Waals surface area contributed by atoms with Gasteiger partial charge in [0.15, 0.2) is 0 Å². The second-order valence-corrected chi connectivity index (χ2v) is 15.5. The van der Waals surface area contributed by atoms with Crippen LogP contribution in [-0.4, -0.2) is 81.1 Å². The van der Waals surface area contributed by atoms with Gasteiger partial charge in [-0.05, 0) is 113 Å². The van der Waals surface area contributed by atoms with E-state index in [1.54, 1.807) is 7.11 Å². The second kappa shape index (κ2) is 17.6. The Morgan fingerprint density at radius 3 is 2.24 bits per heavy atom. The van der Waals surface area contributed by atoms with Crippen molar-refractivity contribution in [2.24, 2.45) is 11.3 Å². The molecular weight excluding hydrogens is 670 g/mol. The summed E-state index contributed by atoms with van der Waals surface area (Å²) in [6, 6.07) is 16.8. The average molecular weight is 729 g/mol. The molecule has 276 valence electrons. The Morgan fingerprint density at radius 1 is 1.00 bits per heavy atom. The normalized spacial score (nSPS) is 23.3. The Morgan fingerprint density at radius 2 is 1.67 bits per heavy atom. The average Bonchev–Trinajstić information content (AvgIpc) is 3.04. The molecule has 1 N–H and O–H groups in total. The van der Waals surface area contributed by atoms with Crippen molar-refractivity contribution >= 4 is 30.4 Å². The highest BCUT2D eigenvalue weighted by molar-refractivity contribution is 5.85. The van der Waals surface area contributed by atoms with Gasteiger partial charge in [0.05, 0.1) is 18.1 Å². The maximum Gasteiger partial charge on any atom is 0.395 e. The molecule has 2 aromatic carbocycles. The van der Waals surface area contributed by atoms with Crippen molar-refractivity contribution in [3.63, 3.8) is 0 Å². The topological polar surface area (TPSA) is 37.0 Å². The Labute approximate surface area is 305 Å². The van der Waals surface area contributed by atoms with Gasteiger partial charge in [-0.15, -0.1) is 24.8 Å². The number of benzene rings is 2. The Balaban J connectivity index is 0.00000325. The molecule has 0 bridgehead atoms. The number of halogens is 5. The van der Waals surface area contributed by atoms with Gasteiger partial charge < -0.3 is 19.7 Å². The van der Waals surface area contributed by atoms with Gasteiger partial charge in [-0.3, -0.25) is 4.90 Å². The van der Waals surface area contributed by atoms with E-state index in [1.807, 2.05) is 17.0 Å². The highest BCUT2D eigenvalue weighted by atomic mass is 35.5. The Bertz CT molecular complexity index is 1330. The first-order valence-electron chi connectivity index (χ1n) is 17.6. The fourth-order valence-corrected chi connectivity index (χ4v) is 7.92. The predicted molar refractivity (Wildman–Crippen MR) is 199 cm³/mol. The minimum absolute atomic E-state index is 0. The van der Waals surface area contributed by atoms with Gasteiger partial charge in [0.25, 0.3) is 0 Å². The number of nitrogens with one attached hydrogen (secondary N) is 1. The van der Waals surface area contributed by atoms with Gasteiger partial charge in [0.1, 0.15) is 5.75 Å². The highest BCUT2D eigenvalue weighted by Crippen LogP contribution is 2.45. The Hall–Kier alpha value is -1.81. The number of methoxy groups -OCH3 is 1. The van der Waals surface area contributed by atoms with E-state index in [0.717, 1.165) is 69.6 Å². The first-order chi connectivity index (χ1) is 22.3. The van der Waals surface area contributed by atoms with Gasteiger partial charge in [-0.2, -0.15) is 13.2 Å². The van der Waals surface area contributed by atoms with E-state index in [-0.39, 0.29) is 42.4 Å². The van der Waals surface area contributed by atoms with E-state index in [9.17, 15) is 13.2 Å². The van der Waals surface area contributed by atoms with Crippen LogP contribution in [0.15, 0.2) is 54.6 Å². The molecule has 2 aliphatic heterocycles. The number of rotatable bonds is 12. The molecule has 0 aromatic heterocycles. The Kier molecular flexibility index (Phi) is 15.0. The van der Waals surface area contributed by atoms with Crippen LogP contribution in [0.3, 0.4) is 0 Å². The summed E-state index contributed by atoms with van der Waals surface area (Å²) in [6.45, 7) is 14.1. The lowest BCUT2D eigenvalue weighted by molar-refractivity contribution is -0.217. The molecule has 0 unspecified atom stereocenters. The number of hydrogen-bond acceptors (Lipinski definition) is 5. The fraction of sp³-hybridized carbons (Fsp3) is 0.641. The van der Waals surface area contributed by atoms with E-state index in [0.29, 0.717) is 25.6 Å². The third-order valence-corrected chi connectivity index (χ3v) is 10.8. The molecule has 0 spiro atoms. The van der Waals surface area contributed by atoms with Crippen LogP contribution >= 0.6 is 24.8 Å². The standard InChI is InChI=1S/C39H56F3N3O2.2ClH/c1-36(2,39(40,41)42)29-45(22-18-38(19-25-47-37(3,4)28-38)34-14-16-35(46-5)17-15-34)27-31-8-12-33(13-9-31)32-10-6-30(7-11-32)26-44-23-20-43-21-24-44;;/h8-10,12-17,30,43H,6-7,11,18-29H2,1-5H3;2*1H/t30-,38-;;/m1../s1. The van der Waals surface area contributed by atoms with Crippen LogP contribution in [0.25, 0.3) is 5.57 Å². The van der Waals surface area contributed by atoms with E-state index in [1.165, 1.54) is 43.5 Å². The largest absolute Gasteiger partial charge is 0.497 e. The minimum atomic E-state index is -4.29. The zero-order valence-electron chi connectivity index (χ0n) is 30.0. The summed E-state index contributed by atoms with van der Waals surface area (Å²) in [6.07, 6.45) is 3.91. The van der Waals surface area contributed by atoms with Crippen LogP contribution in [0, 0.1) is 11.3 Å². The summed E-state index contributed by atoms with van der Waals surface area (Å²) in [5, 5.41) is 3.44. The van der Waals surface area contributed by atoms with Crippen LogP contribution in [-0.2, 0) is 16.7 Å². The maximum atomic E-state index is 14.2. The van der Waals surface area contributed by atoms with Crippen LogP contribution in [0.2, 0.25) is 0 Å². The quantitative estimate of drug-likeness (QED) is 0.236. The van der Waals surface area contributed by atoms with Crippen molar-refractivity contribution in [1.29, 1.82) is 0 Å². The monoisotopic (exact) mass is 727 g/mol. The number of ether oxygens (including phenoxy) is 2. The molecule has 5 nitrogen and oxygen atoms in total. The summed E-state index contributed by atoms with van der Waals surface area (Å²) in [5.41, 5.74) is 2.53. The molecule has 5 rings (SSSR count). The van der Waals surface area contributed by atoms with Gasteiger partial charge in [-0.1, -0.05) is 42.5 Å². The molecule has 2 saturated heterocycles. The molecule has 49 heavy (non-hydrogen) atoms. The lowest BCUT2D eigenvalue weighted by Gasteiger charge is -2.46. The van der Waals surface area contributed by atoms with Crippen molar-refractivity contribution in [3.8, 4) is 5.75 Å². The lowest BCUT2D eigenvalue weighted by atomic mass is 9.67. The summed E-state index contributed by atoms with van der Waals surface area (Å²) >= 11 is 0. The third kappa shape index (κ3) is 11.1. The summed E-state index contributed by atoms with van der Waals surface area (Å²) in [4.78, 5) is 4.61. The third-order valence-electron chi connectivity index (χ3n) is 10.8. The smallest absolute Gasteiger partial charge is 0.395 e. The molecule has 0 radical (unpaired) electrons. The second-order valence-electron chi connectivity index (χ2n) is 15.5. The van der Waals surface area contributed by atoms with Crippen molar-refractivity contribution < 1.29 is 22.6 Å². The molecular formula is C39H58Cl2F3N3O2. The molecule has 2 heterocycles. The SMILES string of the molecule is COc1ccc([C@]2(CCN(Cc3ccc(C4=CC[C@@H](CN5CCNCC5)CC4)cc3)CC(C)(C)C(F)(F)F)CCOC(C)(C)C2)cc1.Cl.Cl. The molecule has 1 aliphatic carbocycles. The lowest BCUT2D eigenvalue weighted by Crippen LogP contribution is -2.47. The van der Waals surface area contributed by atoms with E-state index >= 15 is 0 Å². The molecule has 2 fully saturated rings. The molecule has 2 aromatic rings. The van der Waals surface area contributed by atoms with Crippen LogP contribution in [0.4, 0.5) is 13.2 Å². The van der Waals surface area contributed by atoms with Gasteiger partial charge in [0, 0.05) is 57.8 Å². The maximum absolute atomic E-state index is 14.2. The van der Waals surface area contributed by atoms with Crippen LogP contribution < -0.4 is 10.1 Å².